The van der Waals surface area contributed by atoms with Gasteiger partial charge in [0.25, 0.3) is 0 Å². The third kappa shape index (κ3) is 3.40. The summed E-state index contributed by atoms with van der Waals surface area (Å²) in [5.74, 6) is 0.157. The van der Waals surface area contributed by atoms with Gasteiger partial charge in [-0.3, -0.25) is 9.69 Å². The maximum absolute atomic E-state index is 11.7. The van der Waals surface area contributed by atoms with Crippen LogP contribution in [-0.4, -0.2) is 56.0 Å². The van der Waals surface area contributed by atoms with Gasteiger partial charge in [-0.2, -0.15) is 0 Å². The highest BCUT2D eigenvalue weighted by Gasteiger charge is 2.28. The fourth-order valence-corrected chi connectivity index (χ4v) is 2.45. The first-order valence-electron chi connectivity index (χ1n) is 6.56. The summed E-state index contributed by atoms with van der Waals surface area (Å²) in [6.07, 6.45) is 2.62. The van der Waals surface area contributed by atoms with E-state index in [1.54, 1.807) is 0 Å². The van der Waals surface area contributed by atoms with Crippen molar-refractivity contribution in [2.75, 3.05) is 32.8 Å². The van der Waals surface area contributed by atoms with Crippen LogP contribution in [0, 0.1) is 0 Å². The Morgan fingerprint density at radius 3 is 2.88 bits per heavy atom. The predicted octanol–water partition coefficient (Wildman–Crippen LogP) is 0.350. The molecule has 1 atom stereocenters. The Kier molecular flexibility index (Phi) is 4.76. The number of hydrogen-bond donors (Lipinski definition) is 1. The molecule has 2 aliphatic heterocycles. The second-order valence-electron chi connectivity index (χ2n) is 4.56. The zero-order valence-electron chi connectivity index (χ0n) is 10.5. The molecule has 1 amide bonds. The third-order valence-corrected chi connectivity index (χ3v) is 3.38. The van der Waals surface area contributed by atoms with Gasteiger partial charge in [-0.1, -0.05) is 6.92 Å². The smallest absolute Gasteiger partial charge is 0.237 e. The molecule has 0 radical (unpaired) electrons. The Labute approximate surface area is 102 Å². The van der Waals surface area contributed by atoms with E-state index in [1.165, 1.54) is 0 Å². The van der Waals surface area contributed by atoms with E-state index in [9.17, 15) is 4.79 Å². The van der Waals surface area contributed by atoms with Gasteiger partial charge < -0.3 is 14.8 Å². The predicted molar refractivity (Wildman–Crippen MR) is 63.6 cm³/mol. The molecule has 2 aliphatic rings. The van der Waals surface area contributed by atoms with Crippen LogP contribution in [-0.2, 0) is 14.3 Å². The molecule has 0 aromatic rings. The number of carbonyl (C=O) groups excluding carboxylic acids is 1. The molecule has 0 saturated carbocycles. The lowest BCUT2D eigenvalue weighted by molar-refractivity contribution is -0.183. The molecule has 98 valence electrons. The van der Waals surface area contributed by atoms with Crippen LogP contribution in [0.3, 0.4) is 0 Å². The molecular weight excluding hydrogens is 220 g/mol. The van der Waals surface area contributed by atoms with E-state index in [2.05, 4.69) is 17.1 Å². The molecule has 1 N–H and O–H groups in total. The molecule has 0 aromatic heterocycles. The van der Waals surface area contributed by atoms with Crippen LogP contribution >= 0.6 is 0 Å². The molecule has 2 fully saturated rings. The minimum atomic E-state index is -0.0776. The van der Waals surface area contributed by atoms with Crippen LogP contribution in [0.2, 0.25) is 0 Å². The minimum absolute atomic E-state index is 0.0207. The lowest BCUT2D eigenvalue weighted by Crippen LogP contribution is -2.55. The molecule has 2 saturated heterocycles. The molecule has 5 nitrogen and oxygen atoms in total. The Balaban J connectivity index is 1.78. The SMILES string of the molecule is CCC1C(=O)NCCN1CCC1OCCCO1. The zero-order chi connectivity index (χ0) is 12.1. The largest absolute Gasteiger partial charge is 0.353 e. The van der Waals surface area contributed by atoms with Gasteiger partial charge in [-0.25, -0.2) is 0 Å². The molecule has 5 heteroatoms. The van der Waals surface area contributed by atoms with Crippen LogP contribution in [0.25, 0.3) is 0 Å². The summed E-state index contributed by atoms with van der Waals surface area (Å²) in [7, 11) is 0. The fraction of sp³-hybridized carbons (Fsp3) is 0.917. The van der Waals surface area contributed by atoms with Crippen molar-refractivity contribution in [3.63, 3.8) is 0 Å². The van der Waals surface area contributed by atoms with Crippen molar-refractivity contribution in [3.8, 4) is 0 Å². The van der Waals surface area contributed by atoms with Crippen LogP contribution in [0.4, 0.5) is 0 Å². The summed E-state index contributed by atoms with van der Waals surface area (Å²) in [4.78, 5) is 13.9. The van der Waals surface area contributed by atoms with Crippen LogP contribution in [0.1, 0.15) is 26.2 Å². The molecule has 1 unspecified atom stereocenters. The van der Waals surface area contributed by atoms with E-state index in [4.69, 9.17) is 9.47 Å². The maximum atomic E-state index is 11.7. The van der Waals surface area contributed by atoms with Crippen molar-refractivity contribution in [2.45, 2.75) is 38.5 Å². The normalized spacial score (nSPS) is 28.1. The van der Waals surface area contributed by atoms with Gasteiger partial charge in [0, 0.05) is 26.1 Å². The first-order chi connectivity index (χ1) is 8.31. The first kappa shape index (κ1) is 12.8. The van der Waals surface area contributed by atoms with Crippen LogP contribution < -0.4 is 5.32 Å². The quantitative estimate of drug-likeness (QED) is 0.773. The van der Waals surface area contributed by atoms with Gasteiger partial charge in [0.1, 0.15) is 0 Å². The van der Waals surface area contributed by atoms with Gasteiger partial charge in [-0.15, -0.1) is 0 Å². The molecule has 17 heavy (non-hydrogen) atoms. The fourth-order valence-electron chi connectivity index (χ4n) is 2.45. The van der Waals surface area contributed by atoms with E-state index in [-0.39, 0.29) is 18.2 Å². The summed E-state index contributed by atoms with van der Waals surface area (Å²) >= 11 is 0. The minimum Gasteiger partial charge on any atom is -0.353 e. The van der Waals surface area contributed by atoms with Crippen molar-refractivity contribution in [1.82, 2.24) is 10.2 Å². The highest BCUT2D eigenvalue weighted by Crippen LogP contribution is 2.13. The standard InChI is InChI=1S/C12H22N2O3/c1-2-10-12(15)13-5-7-14(10)6-4-11-16-8-3-9-17-11/h10-11H,2-9H2,1H3,(H,13,15). The number of carbonyl (C=O) groups is 1. The summed E-state index contributed by atoms with van der Waals surface area (Å²) < 4.78 is 11.0. The highest BCUT2D eigenvalue weighted by atomic mass is 16.7. The number of piperazine rings is 1. The van der Waals surface area contributed by atoms with E-state index >= 15 is 0 Å². The molecule has 2 heterocycles. The monoisotopic (exact) mass is 242 g/mol. The summed E-state index contributed by atoms with van der Waals surface area (Å²) in [6.45, 7) is 6.19. The van der Waals surface area contributed by atoms with E-state index < -0.39 is 0 Å². The van der Waals surface area contributed by atoms with E-state index in [1.807, 2.05) is 0 Å². The molecule has 0 aliphatic carbocycles. The van der Waals surface area contributed by atoms with Gasteiger partial charge in [-0.05, 0) is 12.8 Å². The second kappa shape index (κ2) is 6.33. The summed E-state index contributed by atoms with van der Waals surface area (Å²) in [5.41, 5.74) is 0. The Bertz CT molecular complexity index is 254. The van der Waals surface area contributed by atoms with Crippen molar-refractivity contribution < 1.29 is 14.3 Å². The number of rotatable bonds is 4. The molecule has 0 bridgehead atoms. The summed E-state index contributed by atoms with van der Waals surface area (Å²) in [6, 6.07) is 0.0207. The lowest BCUT2D eigenvalue weighted by Gasteiger charge is -2.35. The average Bonchev–Trinajstić information content (AvgIpc) is 2.37. The van der Waals surface area contributed by atoms with Crippen molar-refractivity contribution >= 4 is 5.91 Å². The maximum Gasteiger partial charge on any atom is 0.237 e. The Hall–Kier alpha value is -0.650. The van der Waals surface area contributed by atoms with Crippen LogP contribution in [0.15, 0.2) is 0 Å². The lowest BCUT2D eigenvalue weighted by atomic mass is 10.1. The van der Waals surface area contributed by atoms with Crippen molar-refractivity contribution in [2.24, 2.45) is 0 Å². The number of ether oxygens (including phenoxy) is 2. The van der Waals surface area contributed by atoms with Gasteiger partial charge in [0.2, 0.25) is 5.91 Å². The number of nitrogens with zero attached hydrogens (tertiary/aromatic N) is 1. The zero-order valence-corrected chi connectivity index (χ0v) is 10.5. The highest BCUT2D eigenvalue weighted by molar-refractivity contribution is 5.82. The number of hydrogen-bond acceptors (Lipinski definition) is 4. The molecule has 0 aromatic carbocycles. The second-order valence-corrected chi connectivity index (χ2v) is 4.56. The Morgan fingerprint density at radius 1 is 1.41 bits per heavy atom. The topological polar surface area (TPSA) is 50.8 Å². The summed E-state index contributed by atoms with van der Waals surface area (Å²) in [5, 5.41) is 2.91. The Morgan fingerprint density at radius 2 is 2.18 bits per heavy atom. The third-order valence-electron chi connectivity index (χ3n) is 3.38. The number of nitrogens with one attached hydrogen (secondary N) is 1. The van der Waals surface area contributed by atoms with E-state index in [0.29, 0.717) is 0 Å². The average molecular weight is 242 g/mol. The van der Waals surface area contributed by atoms with Gasteiger partial charge in [0.15, 0.2) is 6.29 Å². The van der Waals surface area contributed by atoms with E-state index in [0.717, 1.165) is 52.1 Å². The molecular formula is C12H22N2O3. The van der Waals surface area contributed by atoms with Crippen molar-refractivity contribution in [3.05, 3.63) is 0 Å². The number of amides is 1. The van der Waals surface area contributed by atoms with Crippen molar-refractivity contribution in [1.29, 1.82) is 0 Å². The van der Waals surface area contributed by atoms with Gasteiger partial charge >= 0.3 is 0 Å². The van der Waals surface area contributed by atoms with Crippen LogP contribution in [0.5, 0.6) is 0 Å². The molecule has 2 rings (SSSR count). The van der Waals surface area contributed by atoms with Gasteiger partial charge in [0.05, 0.1) is 19.3 Å². The first-order valence-corrected chi connectivity index (χ1v) is 6.56. The molecule has 0 spiro atoms.